The van der Waals surface area contributed by atoms with Crippen LogP contribution in [0.5, 0.6) is 0 Å². The maximum atomic E-state index is 13.0. The second-order valence-electron chi connectivity index (χ2n) is 11.7. The highest BCUT2D eigenvalue weighted by Crippen LogP contribution is 2.46. The molecule has 0 amide bonds. The van der Waals surface area contributed by atoms with Crippen LogP contribution < -0.4 is 0 Å². The summed E-state index contributed by atoms with van der Waals surface area (Å²) in [4.78, 5) is 23.6. The van der Waals surface area contributed by atoms with E-state index in [1.165, 1.54) is 57.8 Å². The van der Waals surface area contributed by atoms with Crippen LogP contribution in [0.15, 0.2) is 0 Å². The molecule has 0 heterocycles. The van der Waals surface area contributed by atoms with Gasteiger partial charge >= 0.3 is 11.9 Å². The molecule has 0 aromatic carbocycles. The van der Waals surface area contributed by atoms with Gasteiger partial charge in [-0.1, -0.05) is 137 Å². The molecule has 36 heavy (non-hydrogen) atoms. The van der Waals surface area contributed by atoms with E-state index in [2.05, 4.69) is 34.6 Å². The summed E-state index contributed by atoms with van der Waals surface area (Å²) in [5.74, 6) is 0.0252. The van der Waals surface area contributed by atoms with Crippen LogP contribution in [0.4, 0.5) is 0 Å². The fourth-order valence-electron chi connectivity index (χ4n) is 6.03. The highest BCUT2D eigenvalue weighted by Gasteiger charge is 2.45. The fraction of sp³-hybridized carbons (Fsp3) is 0.938. The molecule has 0 aliphatic rings. The van der Waals surface area contributed by atoms with Crippen LogP contribution in [-0.4, -0.2) is 22.2 Å². The van der Waals surface area contributed by atoms with Crippen molar-refractivity contribution in [2.45, 2.75) is 169 Å². The van der Waals surface area contributed by atoms with Gasteiger partial charge in [0.15, 0.2) is 0 Å². The quantitative estimate of drug-likeness (QED) is 0.113. The molecular formula is C32H62O4. The van der Waals surface area contributed by atoms with E-state index in [9.17, 15) is 14.7 Å². The Labute approximate surface area is 224 Å². The molecule has 214 valence electrons. The van der Waals surface area contributed by atoms with Crippen LogP contribution >= 0.6 is 0 Å². The number of hydrogen-bond acceptors (Lipinski definition) is 2. The Bertz CT molecular complexity index is 526. The van der Waals surface area contributed by atoms with Crippen LogP contribution in [0.25, 0.3) is 0 Å². The number of carboxylic acids is 2. The minimum Gasteiger partial charge on any atom is -0.481 e. The third-order valence-electron chi connectivity index (χ3n) is 8.79. The van der Waals surface area contributed by atoms with E-state index in [1.807, 2.05) is 0 Å². The zero-order valence-corrected chi connectivity index (χ0v) is 24.8. The van der Waals surface area contributed by atoms with Gasteiger partial charge in [0.1, 0.15) is 0 Å². The van der Waals surface area contributed by atoms with Gasteiger partial charge in [-0.05, 0) is 43.4 Å². The largest absolute Gasteiger partial charge is 0.481 e. The number of unbranched alkanes of at least 4 members (excludes halogenated alkanes) is 10. The molecule has 0 rings (SSSR count). The Balaban J connectivity index is 4.90. The van der Waals surface area contributed by atoms with Crippen molar-refractivity contribution in [3.05, 3.63) is 0 Å². The van der Waals surface area contributed by atoms with Gasteiger partial charge < -0.3 is 10.2 Å². The van der Waals surface area contributed by atoms with Gasteiger partial charge in [0.25, 0.3) is 0 Å². The minimum atomic E-state index is -0.687. The predicted octanol–water partition coefficient (Wildman–Crippen LogP) is 10.3. The van der Waals surface area contributed by atoms with Crippen molar-refractivity contribution in [1.82, 2.24) is 0 Å². The van der Waals surface area contributed by atoms with E-state index in [4.69, 9.17) is 5.11 Å². The summed E-state index contributed by atoms with van der Waals surface area (Å²) in [5, 5.41) is 19.4. The summed E-state index contributed by atoms with van der Waals surface area (Å²) in [6.07, 6.45) is 22.5. The molecule has 0 fully saturated rings. The van der Waals surface area contributed by atoms with Crippen molar-refractivity contribution in [1.29, 1.82) is 0 Å². The summed E-state index contributed by atoms with van der Waals surface area (Å²) in [6.45, 7) is 11.2. The van der Waals surface area contributed by atoms with Gasteiger partial charge in [0.05, 0.1) is 5.41 Å². The second kappa shape index (κ2) is 22.0. The molecule has 3 unspecified atom stereocenters. The van der Waals surface area contributed by atoms with Crippen LogP contribution in [0.2, 0.25) is 0 Å². The topological polar surface area (TPSA) is 74.6 Å². The molecule has 2 N–H and O–H groups in total. The molecule has 0 radical (unpaired) electrons. The summed E-state index contributed by atoms with van der Waals surface area (Å²) in [6, 6.07) is 0. The number of rotatable bonds is 26. The lowest BCUT2D eigenvalue weighted by molar-refractivity contribution is -0.156. The zero-order chi connectivity index (χ0) is 27.2. The third kappa shape index (κ3) is 15.3. The van der Waals surface area contributed by atoms with Gasteiger partial charge in [0, 0.05) is 6.42 Å². The Morgan fingerprint density at radius 2 is 1.03 bits per heavy atom. The summed E-state index contributed by atoms with van der Waals surface area (Å²) < 4.78 is 0. The minimum absolute atomic E-state index is 0.218. The molecule has 0 aromatic heterocycles. The lowest BCUT2D eigenvalue weighted by Gasteiger charge is -2.40. The molecule has 4 heteroatoms. The monoisotopic (exact) mass is 510 g/mol. The summed E-state index contributed by atoms with van der Waals surface area (Å²) >= 11 is 0. The van der Waals surface area contributed by atoms with Crippen molar-refractivity contribution in [2.75, 3.05) is 0 Å². The van der Waals surface area contributed by atoms with Crippen LogP contribution in [0, 0.1) is 23.2 Å². The van der Waals surface area contributed by atoms with Crippen molar-refractivity contribution in [3.63, 3.8) is 0 Å². The van der Waals surface area contributed by atoms with Crippen molar-refractivity contribution >= 4 is 11.9 Å². The molecule has 0 bridgehead atoms. The lowest BCUT2D eigenvalue weighted by atomic mass is 9.63. The average Bonchev–Trinajstić information content (AvgIpc) is 2.85. The van der Waals surface area contributed by atoms with Gasteiger partial charge in [-0.2, -0.15) is 0 Å². The van der Waals surface area contributed by atoms with Crippen LogP contribution in [0.1, 0.15) is 169 Å². The first kappa shape index (κ1) is 34.9. The standard InChI is InChI=1S/C32H62O4/c1-6-10-22-28(8-3)25-32(31(35)36,26-29(9-4)23-11-7-2)27(5)21-19-17-15-13-12-14-16-18-20-24-30(33)34/h27-29H,6-26H2,1-5H3,(H,33,34)(H,35,36). The molecule has 0 spiro atoms. The van der Waals surface area contributed by atoms with E-state index in [1.54, 1.807) is 0 Å². The Hall–Kier alpha value is -1.06. The van der Waals surface area contributed by atoms with Crippen molar-refractivity contribution < 1.29 is 19.8 Å². The molecule has 0 aliphatic heterocycles. The van der Waals surface area contributed by atoms with E-state index < -0.39 is 17.4 Å². The predicted molar refractivity (Wildman–Crippen MR) is 154 cm³/mol. The Morgan fingerprint density at radius 1 is 0.611 bits per heavy atom. The van der Waals surface area contributed by atoms with Gasteiger partial charge in [-0.3, -0.25) is 9.59 Å². The maximum absolute atomic E-state index is 13.0. The Morgan fingerprint density at radius 3 is 1.39 bits per heavy atom. The first-order chi connectivity index (χ1) is 17.3. The van der Waals surface area contributed by atoms with E-state index in [0.717, 1.165) is 70.6 Å². The molecule has 0 aromatic rings. The number of carbonyl (C=O) groups is 2. The third-order valence-corrected chi connectivity index (χ3v) is 8.79. The molecule has 3 atom stereocenters. The fourth-order valence-corrected chi connectivity index (χ4v) is 6.03. The summed E-state index contributed by atoms with van der Waals surface area (Å²) in [7, 11) is 0. The van der Waals surface area contributed by atoms with Crippen molar-refractivity contribution in [2.24, 2.45) is 23.2 Å². The van der Waals surface area contributed by atoms with Crippen LogP contribution in [0.3, 0.4) is 0 Å². The first-order valence-corrected chi connectivity index (χ1v) is 15.7. The lowest BCUT2D eigenvalue weighted by Crippen LogP contribution is -2.41. The Kier molecular flexibility index (Phi) is 21.3. The van der Waals surface area contributed by atoms with E-state index in [0.29, 0.717) is 18.3 Å². The number of aliphatic carboxylic acids is 2. The van der Waals surface area contributed by atoms with Gasteiger partial charge in [0.2, 0.25) is 0 Å². The van der Waals surface area contributed by atoms with E-state index in [-0.39, 0.29) is 5.92 Å². The highest BCUT2D eigenvalue weighted by atomic mass is 16.4. The molecule has 0 saturated heterocycles. The number of carboxylic acid groups (broad SMARTS) is 2. The number of hydrogen-bond donors (Lipinski definition) is 2. The molecule has 4 nitrogen and oxygen atoms in total. The molecular weight excluding hydrogens is 448 g/mol. The van der Waals surface area contributed by atoms with Crippen molar-refractivity contribution in [3.8, 4) is 0 Å². The van der Waals surface area contributed by atoms with Crippen LogP contribution in [-0.2, 0) is 9.59 Å². The SMILES string of the molecule is CCCCC(CC)CC(CC(CC)CCCC)(C(=O)O)C(C)CCCCCCCCCCCC(=O)O. The highest BCUT2D eigenvalue weighted by molar-refractivity contribution is 5.75. The first-order valence-electron chi connectivity index (χ1n) is 15.7. The molecule has 0 aliphatic carbocycles. The zero-order valence-electron chi connectivity index (χ0n) is 24.8. The average molecular weight is 511 g/mol. The van der Waals surface area contributed by atoms with Gasteiger partial charge in [-0.25, -0.2) is 0 Å². The smallest absolute Gasteiger partial charge is 0.309 e. The van der Waals surface area contributed by atoms with Gasteiger partial charge in [-0.15, -0.1) is 0 Å². The normalized spacial score (nSPS) is 15.8. The van der Waals surface area contributed by atoms with E-state index >= 15 is 0 Å². The second-order valence-corrected chi connectivity index (χ2v) is 11.7. The molecule has 0 saturated carbocycles. The summed E-state index contributed by atoms with van der Waals surface area (Å²) in [5.41, 5.74) is -0.585. The maximum Gasteiger partial charge on any atom is 0.309 e.